The first-order valence-corrected chi connectivity index (χ1v) is 10.4. The number of benzene rings is 2. The summed E-state index contributed by atoms with van der Waals surface area (Å²) in [5.41, 5.74) is 6.37. The van der Waals surface area contributed by atoms with Gasteiger partial charge in [0.25, 0.3) is 0 Å². The van der Waals surface area contributed by atoms with Crippen LogP contribution in [0.25, 0.3) is 11.1 Å². The first-order chi connectivity index (χ1) is 16.5. The van der Waals surface area contributed by atoms with E-state index in [1.807, 2.05) is 54.0 Å². The number of hydrogen-bond acceptors (Lipinski definition) is 7. The van der Waals surface area contributed by atoms with E-state index in [1.165, 1.54) is 19.4 Å². The number of fused-ring (bicyclic) bond motifs is 3. The van der Waals surface area contributed by atoms with Gasteiger partial charge in [0.05, 0.1) is 18.6 Å². The van der Waals surface area contributed by atoms with Crippen LogP contribution < -0.4 is 10.8 Å². The van der Waals surface area contributed by atoms with E-state index in [1.54, 1.807) is 0 Å². The van der Waals surface area contributed by atoms with E-state index in [9.17, 15) is 14.4 Å². The molecule has 4 rings (SSSR count). The summed E-state index contributed by atoms with van der Waals surface area (Å²) in [6.07, 6.45) is -0.999. The van der Waals surface area contributed by atoms with E-state index in [-0.39, 0.29) is 30.6 Å². The quantitative estimate of drug-likeness (QED) is 0.408. The third-order valence-corrected chi connectivity index (χ3v) is 5.34. The number of hydroxylamine groups is 1. The van der Waals surface area contributed by atoms with Crippen molar-refractivity contribution < 1.29 is 38.2 Å². The van der Waals surface area contributed by atoms with Gasteiger partial charge < -0.3 is 19.0 Å². The van der Waals surface area contributed by atoms with Crippen LogP contribution in [-0.2, 0) is 19.1 Å². The minimum Gasteiger partial charge on any atom is -0.479 e. The number of carbonyl (C=O) groups is 3. The Hall–Kier alpha value is -4.15. The van der Waals surface area contributed by atoms with Crippen molar-refractivity contribution in [2.24, 2.45) is 0 Å². The van der Waals surface area contributed by atoms with Crippen LogP contribution in [0.4, 0.5) is 10.5 Å². The fourth-order valence-electron chi connectivity index (χ4n) is 3.81. The Labute approximate surface area is 194 Å². The summed E-state index contributed by atoms with van der Waals surface area (Å²) in [7, 11) is 1.30. The van der Waals surface area contributed by atoms with Crippen LogP contribution in [-0.4, -0.2) is 49.5 Å². The number of nitrogens with one attached hydrogen (secondary N) is 2. The molecule has 34 heavy (non-hydrogen) atoms. The smallest absolute Gasteiger partial charge is 0.411 e. The maximum absolute atomic E-state index is 12.5. The van der Waals surface area contributed by atoms with Crippen molar-refractivity contribution in [3.8, 4) is 11.1 Å². The molecule has 3 N–H and O–H groups in total. The molecule has 176 valence electrons. The van der Waals surface area contributed by atoms with Gasteiger partial charge in [0.1, 0.15) is 6.61 Å². The molecule has 1 aliphatic rings. The molecule has 3 aromatic rings. The molecule has 2 amide bonds. The Morgan fingerprint density at radius 2 is 1.68 bits per heavy atom. The van der Waals surface area contributed by atoms with Gasteiger partial charge in [-0.15, -0.1) is 0 Å². The lowest BCUT2D eigenvalue weighted by atomic mass is 9.98. The highest BCUT2D eigenvalue weighted by Gasteiger charge is 2.29. The van der Waals surface area contributed by atoms with E-state index >= 15 is 0 Å². The van der Waals surface area contributed by atoms with Gasteiger partial charge in [-0.1, -0.05) is 48.5 Å². The van der Waals surface area contributed by atoms with Gasteiger partial charge in [0.2, 0.25) is 11.9 Å². The molecule has 1 heterocycles. The lowest BCUT2D eigenvalue weighted by molar-refractivity contribution is -0.158. The number of carboxylic acid groups (broad SMARTS) is 1. The van der Waals surface area contributed by atoms with Crippen LogP contribution in [0, 0.1) is 0 Å². The summed E-state index contributed by atoms with van der Waals surface area (Å²) in [6, 6.07) is 17.3. The molecule has 0 aliphatic heterocycles. The normalized spacial score (nSPS) is 13.0. The zero-order valence-corrected chi connectivity index (χ0v) is 18.1. The second-order valence-corrected chi connectivity index (χ2v) is 7.45. The van der Waals surface area contributed by atoms with Gasteiger partial charge in [-0.25, -0.2) is 15.1 Å². The Bertz CT molecular complexity index is 1160. The Kier molecular flexibility index (Phi) is 6.90. The van der Waals surface area contributed by atoms with Crippen LogP contribution in [0.2, 0.25) is 0 Å². The van der Waals surface area contributed by atoms with Crippen LogP contribution in [0.5, 0.6) is 0 Å². The van der Waals surface area contributed by atoms with Gasteiger partial charge in [0, 0.05) is 19.1 Å². The number of aliphatic carboxylic acids is 1. The molecule has 0 radical (unpaired) electrons. The first kappa shape index (κ1) is 23.0. The molecule has 1 aromatic heterocycles. The molecule has 0 saturated carbocycles. The molecule has 1 atom stereocenters. The summed E-state index contributed by atoms with van der Waals surface area (Å²) in [6.45, 7) is -0.182. The highest BCUT2D eigenvalue weighted by atomic mass is 16.7. The number of ether oxygens (including phenoxy) is 2. The Morgan fingerprint density at radius 1 is 1.03 bits per heavy atom. The molecule has 2 aromatic carbocycles. The van der Waals surface area contributed by atoms with Crippen molar-refractivity contribution in [1.29, 1.82) is 0 Å². The molecule has 10 heteroatoms. The predicted molar refractivity (Wildman–Crippen MR) is 119 cm³/mol. The van der Waals surface area contributed by atoms with Crippen molar-refractivity contribution in [1.82, 2.24) is 5.48 Å². The SMILES string of the molecule is COCC(ONC(=O)c1occc1NC(=O)OCC1c2ccccc2-c2ccccc21)C(=O)O. The molecule has 0 fully saturated rings. The lowest BCUT2D eigenvalue weighted by Gasteiger charge is -2.15. The summed E-state index contributed by atoms with van der Waals surface area (Å²) >= 11 is 0. The second-order valence-electron chi connectivity index (χ2n) is 7.45. The molecular formula is C24H22N2O8. The van der Waals surface area contributed by atoms with Crippen molar-refractivity contribution in [3.63, 3.8) is 0 Å². The van der Waals surface area contributed by atoms with Gasteiger partial charge in [-0.2, -0.15) is 0 Å². The van der Waals surface area contributed by atoms with Gasteiger partial charge in [0.15, 0.2) is 0 Å². The zero-order valence-electron chi connectivity index (χ0n) is 18.1. The second kappa shape index (κ2) is 10.2. The van der Waals surface area contributed by atoms with Crippen molar-refractivity contribution >= 4 is 23.7 Å². The Balaban J connectivity index is 1.37. The number of amides is 2. The third kappa shape index (κ3) is 4.77. The maximum Gasteiger partial charge on any atom is 0.411 e. The average Bonchev–Trinajstić information content (AvgIpc) is 3.42. The predicted octanol–water partition coefficient (Wildman–Crippen LogP) is 3.40. The monoisotopic (exact) mass is 466 g/mol. The minimum atomic E-state index is -1.41. The maximum atomic E-state index is 12.5. The highest BCUT2D eigenvalue weighted by Crippen LogP contribution is 2.44. The number of hydrogen-bond donors (Lipinski definition) is 3. The van der Waals surface area contributed by atoms with Crippen molar-refractivity contribution in [2.45, 2.75) is 12.0 Å². The lowest BCUT2D eigenvalue weighted by Crippen LogP contribution is -2.37. The molecule has 0 saturated heterocycles. The molecule has 1 unspecified atom stereocenters. The summed E-state index contributed by atoms with van der Waals surface area (Å²) in [5.74, 6) is -2.61. The summed E-state index contributed by atoms with van der Waals surface area (Å²) in [5, 5.41) is 11.5. The molecule has 10 nitrogen and oxygen atoms in total. The van der Waals surface area contributed by atoms with E-state index in [0.29, 0.717) is 0 Å². The number of carboxylic acids is 1. The number of rotatable bonds is 9. The van der Waals surface area contributed by atoms with Crippen LogP contribution >= 0.6 is 0 Å². The molecule has 1 aliphatic carbocycles. The topological polar surface area (TPSA) is 136 Å². The largest absolute Gasteiger partial charge is 0.479 e. The number of carbonyl (C=O) groups excluding carboxylic acids is 2. The number of furan rings is 1. The van der Waals surface area contributed by atoms with E-state index in [0.717, 1.165) is 22.3 Å². The Morgan fingerprint density at radius 3 is 2.29 bits per heavy atom. The first-order valence-electron chi connectivity index (χ1n) is 10.4. The minimum absolute atomic E-state index is 0.0388. The van der Waals surface area contributed by atoms with Crippen molar-refractivity contribution in [2.75, 3.05) is 25.6 Å². The van der Waals surface area contributed by atoms with Gasteiger partial charge in [-0.05, 0) is 22.3 Å². The fraction of sp³-hybridized carbons (Fsp3) is 0.208. The van der Waals surface area contributed by atoms with Crippen molar-refractivity contribution in [3.05, 3.63) is 77.7 Å². The zero-order chi connectivity index (χ0) is 24.1. The van der Waals surface area contributed by atoms with Gasteiger partial charge in [-0.3, -0.25) is 14.9 Å². The van der Waals surface area contributed by atoms with Crippen LogP contribution in [0.1, 0.15) is 27.6 Å². The number of methoxy groups -OCH3 is 1. The van der Waals surface area contributed by atoms with E-state index < -0.39 is 24.1 Å². The molecular weight excluding hydrogens is 444 g/mol. The summed E-state index contributed by atoms with van der Waals surface area (Å²) in [4.78, 5) is 40.7. The summed E-state index contributed by atoms with van der Waals surface area (Å²) < 4.78 is 15.3. The molecule has 0 bridgehead atoms. The van der Waals surface area contributed by atoms with Crippen LogP contribution in [0.3, 0.4) is 0 Å². The number of anilines is 1. The highest BCUT2D eigenvalue weighted by molar-refractivity contribution is 5.99. The van der Waals surface area contributed by atoms with E-state index in [2.05, 4.69) is 5.32 Å². The van der Waals surface area contributed by atoms with Crippen LogP contribution in [0.15, 0.2) is 65.3 Å². The van der Waals surface area contributed by atoms with E-state index in [4.69, 9.17) is 23.8 Å². The standard InChI is InChI=1S/C24H22N2O8/c1-31-13-20(23(28)29)34-26-22(27)21-19(10-11-32-21)25-24(30)33-12-18-16-8-4-2-6-14(16)15-7-3-5-9-17(15)18/h2-11,18,20H,12-13H2,1H3,(H,25,30)(H,26,27)(H,28,29). The third-order valence-electron chi connectivity index (χ3n) is 5.34. The van der Waals surface area contributed by atoms with Gasteiger partial charge >= 0.3 is 18.0 Å². The molecule has 0 spiro atoms. The average molecular weight is 466 g/mol. The fourth-order valence-corrected chi connectivity index (χ4v) is 3.81.